The first-order valence-electron chi connectivity index (χ1n) is 8.96. The highest BCUT2D eigenvalue weighted by atomic mass is 16.2. The fraction of sp³-hybridized carbons (Fsp3) is 0.381. The van der Waals surface area contributed by atoms with Crippen LogP contribution < -0.4 is 10.6 Å². The Morgan fingerprint density at radius 2 is 1.71 bits per heavy atom. The van der Waals surface area contributed by atoms with Crippen LogP contribution in [-0.4, -0.2) is 11.9 Å². The molecule has 2 aromatic rings. The minimum Gasteiger partial charge on any atom is -0.330 e. The van der Waals surface area contributed by atoms with Crippen molar-refractivity contribution in [3.8, 4) is 0 Å². The van der Waals surface area contributed by atoms with Gasteiger partial charge in [0.05, 0.1) is 0 Å². The molecule has 0 aliphatic heterocycles. The van der Waals surface area contributed by atoms with Crippen molar-refractivity contribution >= 4 is 11.6 Å². The number of aryl methyl sites for hydroxylation is 2. The fourth-order valence-corrected chi connectivity index (χ4v) is 3.45. The first-order valence-corrected chi connectivity index (χ1v) is 8.96. The van der Waals surface area contributed by atoms with Crippen LogP contribution in [-0.2, 0) is 17.6 Å². The van der Waals surface area contributed by atoms with Gasteiger partial charge in [0.2, 0.25) is 0 Å². The van der Waals surface area contributed by atoms with Crippen LogP contribution in [0.1, 0.15) is 49.4 Å². The van der Waals surface area contributed by atoms with E-state index in [2.05, 4.69) is 35.8 Å². The molecule has 1 aliphatic rings. The Morgan fingerprint density at radius 1 is 1.00 bits per heavy atom. The van der Waals surface area contributed by atoms with Crippen LogP contribution in [0.15, 0.2) is 48.5 Å². The molecule has 3 heteroatoms. The third kappa shape index (κ3) is 4.04. The number of nitrogens with two attached hydrogens (primary N) is 1. The summed E-state index contributed by atoms with van der Waals surface area (Å²) in [5.41, 5.74) is 5.17. The number of fused-ring (bicyclic) bond motifs is 1. The third-order valence-corrected chi connectivity index (χ3v) is 4.93. The van der Waals surface area contributed by atoms with Crippen molar-refractivity contribution in [2.45, 2.75) is 51.6 Å². The van der Waals surface area contributed by atoms with Crippen LogP contribution in [0.3, 0.4) is 0 Å². The highest BCUT2D eigenvalue weighted by molar-refractivity contribution is 5.93. The van der Waals surface area contributed by atoms with Crippen LogP contribution in [0.2, 0.25) is 0 Å². The Bertz CT molecular complexity index is 696. The summed E-state index contributed by atoms with van der Waals surface area (Å²) in [7, 11) is 0. The van der Waals surface area contributed by atoms with Gasteiger partial charge in [-0.15, -0.1) is 0 Å². The molecule has 2 atom stereocenters. The lowest BCUT2D eigenvalue weighted by molar-refractivity contribution is -0.709. The number of amides is 1. The average Bonchev–Trinajstić information content (AvgIpc) is 2.62. The van der Waals surface area contributed by atoms with Crippen molar-refractivity contribution in [2.75, 3.05) is 5.32 Å². The molecule has 3 N–H and O–H groups in total. The van der Waals surface area contributed by atoms with E-state index in [-0.39, 0.29) is 18.0 Å². The number of nitrogens with one attached hydrogen (secondary N) is 1. The number of rotatable bonds is 5. The third-order valence-electron chi connectivity index (χ3n) is 4.93. The summed E-state index contributed by atoms with van der Waals surface area (Å²) >= 11 is 0. The number of hydrogen-bond donors (Lipinski definition) is 2. The lowest BCUT2D eigenvalue weighted by Gasteiger charge is -2.20. The molecule has 0 fully saturated rings. The van der Waals surface area contributed by atoms with E-state index in [9.17, 15) is 4.79 Å². The first kappa shape index (κ1) is 16.7. The van der Waals surface area contributed by atoms with E-state index in [4.69, 9.17) is 0 Å². The molecule has 3 rings (SSSR count). The van der Waals surface area contributed by atoms with Gasteiger partial charge in [-0.05, 0) is 68.9 Å². The lowest BCUT2D eigenvalue weighted by atomic mass is 9.89. The lowest BCUT2D eigenvalue weighted by Crippen LogP contribution is -2.91. The van der Waals surface area contributed by atoms with Gasteiger partial charge in [0.1, 0.15) is 6.04 Å². The minimum absolute atomic E-state index is 0.0472. The van der Waals surface area contributed by atoms with E-state index < -0.39 is 0 Å². The number of carbonyl (C=O) groups is 1. The zero-order chi connectivity index (χ0) is 16.9. The van der Waals surface area contributed by atoms with Gasteiger partial charge in [-0.3, -0.25) is 4.79 Å². The molecule has 2 aromatic carbocycles. The molecule has 3 nitrogen and oxygen atoms in total. The molecule has 0 radical (unpaired) electrons. The van der Waals surface area contributed by atoms with Crippen molar-refractivity contribution < 1.29 is 10.1 Å². The maximum Gasteiger partial charge on any atom is 0.282 e. The zero-order valence-corrected chi connectivity index (χ0v) is 14.6. The Kier molecular flexibility index (Phi) is 5.31. The highest BCUT2D eigenvalue weighted by Crippen LogP contribution is 2.23. The van der Waals surface area contributed by atoms with Gasteiger partial charge in [0, 0.05) is 11.3 Å². The Hall–Kier alpha value is -2.13. The standard InChI is InChI=1S/C21H26N2O/c1-15(18-13-12-17-8-6-7-9-19(17)14-18)22-16(2)21(24)23-20-10-4-3-5-11-20/h3-5,10-16,22H,6-9H2,1-2H3,(H,23,24)/p+1/t15-,16-/m0/s1. The van der Waals surface area contributed by atoms with Gasteiger partial charge >= 0.3 is 0 Å². The largest absolute Gasteiger partial charge is 0.330 e. The van der Waals surface area contributed by atoms with Gasteiger partial charge < -0.3 is 10.6 Å². The van der Waals surface area contributed by atoms with Gasteiger partial charge in [0.15, 0.2) is 6.04 Å². The molecule has 1 amide bonds. The van der Waals surface area contributed by atoms with E-state index in [0.29, 0.717) is 0 Å². The molecule has 0 bridgehead atoms. The van der Waals surface area contributed by atoms with E-state index in [1.165, 1.54) is 42.4 Å². The quantitative estimate of drug-likeness (QED) is 0.872. The van der Waals surface area contributed by atoms with E-state index in [0.717, 1.165) is 5.69 Å². The van der Waals surface area contributed by atoms with Crippen LogP contribution in [0.25, 0.3) is 0 Å². The number of para-hydroxylation sites is 1. The molecule has 0 spiro atoms. The van der Waals surface area contributed by atoms with Crippen LogP contribution in [0.5, 0.6) is 0 Å². The minimum atomic E-state index is -0.128. The van der Waals surface area contributed by atoms with Crippen LogP contribution in [0, 0.1) is 0 Å². The van der Waals surface area contributed by atoms with E-state index in [1.54, 1.807) is 0 Å². The van der Waals surface area contributed by atoms with Crippen LogP contribution >= 0.6 is 0 Å². The number of quaternary nitrogens is 1. The van der Waals surface area contributed by atoms with Crippen molar-refractivity contribution in [2.24, 2.45) is 0 Å². The molecule has 126 valence electrons. The topological polar surface area (TPSA) is 45.7 Å². The maximum atomic E-state index is 12.4. The Balaban J connectivity index is 1.61. The normalized spacial score (nSPS) is 16.1. The molecule has 1 aliphatic carbocycles. The van der Waals surface area contributed by atoms with E-state index in [1.807, 2.05) is 37.3 Å². The van der Waals surface area contributed by atoms with Crippen molar-refractivity contribution in [1.29, 1.82) is 0 Å². The van der Waals surface area contributed by atoms with Gasteiger partial charge in [-0.2, -0.15) is 0 Å². The number of anilines is 1. The van der Waals surface area contributed by atoms with Crippen molar-refractivity contribution in [3.05, 3.63) is 65.2 Å². The molecule has 0 saturated heterocycles. The number of hydrogen-bond acceptors (Lipinski definition) is 1. The molecular weight excluding hydrogens is 296 g/mol. The predicted molar refractivity (Wildman–Crippen MR) is 98.0 cm³/mol. The van der Waals surface area contributed by atoms with Gasteiger partial charge in [-0.25, -0.2) is 0 Å². The zero-order valence-electron chi connectivity index (χ0n) is 14.6. The van der Waals surface area contributed by atoms with Gasteiger partial charge in [-0.1, -0.05) is 30.3 Å². The fourth-order valence-electron chi connectivity index (χ4n) is 3.45. The number of carbonyl (C=O) groups excluding carboxylic acids is 1. The summed E-state index contributed by atoms with van der Waals surface area (Å²) in [6.45, 7) is 4.14. The first-order chi connectivity index (χ1) is 11.6. The second kappa shape index (κ2) is 7.63. The molecule has 24 heavy (non-hydrogen) atoms. The molecular formula is C21H27N2O+. The van der Waals surface area contributed by atoms with E-state index >= 15 is 0 Å². The highest BCUT2D eigenvalue weighted by Gasteiger charge is 2.21. The predicted octanol–water partition coefficient (Wildman–Crippen LogP) is 3.22. The second-order valence-electron chi connectivity index (χ2n) is 6.86. The summed E-state index contributed by atoms with van der Waals surface area (Å²) in [6.07, 6.45) is 5.01. The Labute approximate surface area is 144 Å². The number of benzene rings is 2. The summed E-state index contributed by atoms with van der Waals surface area (Å²) in [4.78, 5) is 12.4. The molecule has 0 heterocycles. The monoisotopic (exact) mass is 323 g/mol. The summed E-state index contributed by atoms with van der Waals surface area (Å²) in [5.74, 6) is 0.0472. The maximum absolute atomic E-state index is 12.4. The summed E-state index contributed by atoms with van der Waals surface area (Å²) in [6, 6.07) is 16.6. The van der Waals surface area contributed by atoms with Crippen molar-refractivity contribution in [3.63, 3.8) is 0 Å². The van der Waals surface area contributed by atoms with Crippen molar-refractivity contribution in [1.82, 2.24) is 0 Å². The molecule has 0 saturated carbocycles. The Morgan fingerprint density at radius 3 is 2.46 bits per heavy atom. The molecule has 0 aromatic heterocycles. The summed E-state index contributed by atoms with van der Waals surface area (Å²) in [5, 5.41) is 5.12. The average molecular weight is 323 g/mol. The second-order valence-corrected chi connectivity index (χ2v) is 6.86. The van der Waals surface area contributed by atoms with Crippen LogP contribution in [0.4, 0.5) is 5.69 Å². The SMILES string of the molecule is C[C@H]([NH2+][C@@H](C)c1ccc2c(c1)CCCC2)C(=O)Nc1ccccc1. The van der Waals surface area contributed by atoms with Gasteiger partial charge in [0.25, 0.3) is 5.91 Å². The molecule has 0 unspecified atom stereocenters. The summed E-state index contributed by atoms with van der Waals surface area (Å²) < 4.78 is 0. The smallest absolute Gasteiger partial charge is 0.282 e.